The van der Waals surface area contributed by atoms with Crippen LogP contribution >= 0.6 is 0 Å². The predicted octanol–water partition coefficient (Wildman–Crippen LogP) is 2.77. The zero-order valence-electron chi connectivity index (χ0n) is 15.4. The highest BCUT2D eigenvalue weighted by atomic mass is 32.2. The van der Waals surface area contributed by atoms with E-state index in [4.69, 9.17) is 0 Å². The molecule has 1 aromatic heterocycles. The van der Waals surface area contributed by atoms with Gasteiger partial charge >= 0.3 is 0 Å². The molecule has 0 aliphatic carbocycles. The highest BCUT2D eigenvalue weighted by molar-refractivity contribution is 7.92. The van der Waals surface area contributed by atoms with Crippen molar-refractivity contribution in [1.82, 2.24) is 10.3 Å². The second-order valence-corrected chi connectivity index (χ2v) is 8.24. The van der Waals surface area contributed by atoms with Gasteiger partial charge in [-0.2, -0.15) is 0 Å². The van der Waals surface area contributed by atoms with Gasteiger partial charge < -0.3 is 5.32 Å². The Morgan fingerprint density at radius 3 is 2.32 bits per heavy atom. The molecule has 0 radical (unpaired) electrons. The molecule has 0 saturated carbocycles. The molecule has 0 unspecified atom stereocenters. The number of carbonyl (C=O) groups excluding carboxylic acids is 1. The maximum atomic E-state index is 12.7. The summed E-state index contributed by atoms with van der Waals surface area (Å²) in [6.07, 6.45) is 3.61. The third-order valence-corrected chi connectivity index (χ3v) is 6.08. The Morgan fingerprint density at radius 1 is 0.964 bits per heavy atom. The Kier molecular flexibility index (Phi) is 6.06. The summed E-state index contributed by atoms with van der Waals surface area (Å²) in [7, 11) is -2.11. The van der Waals surface area contributed by atoms with Gasteiger partial charge in [0.1, 0.15) is 0 Å². The van der Waals surface area contributed by atoms with Gasteiger partial charge in [-0.15, -0.1) is 0 Å². The minimum absolute atomic E-state index is 0.109. The molecule has 1 heterocycles. The van der Waals surface area contributed by atoms with Gasteiger partial charge in [0.15, 0.2) is 0 Å². The predicted molar refractivity (Wildman–Crippen MR) is 108 cm³/mol. The van der Waals surface area contributed by atoms with E-state index < -0.39 is 10.0 Å². The smallest absolute Gasteiger partial charge is 0.264 e. The minimum Gasteiger partial charge on any atom is -0.352 e. The van der Waals surface area contributed by atoms with E-state index in [-0.39, 0.29) is 17.2 Å². The molecule has 0 aliphatic rings. The number of aromatic nitrogens is 1. The molecule has 2 aromatic carbocycles. The summed E-state index contributed by atoms with van der Waals surface area (Å²) >= 11 is 0. The van der Waals surface area contributed by atoms with Crippen molar-refractivity contribution in [2.75, 3.05) is 11.4 Å². The van der Waals surface area contributed by atoms with Gasteiger partial charge in [0.2, 0.25) is 5.91 Å². The number of hydrogen-bond donors (Lipinski definition) is 1. The number of pyridine rings is 1. The van der Waals surface area contributed by atoms with Crippen molar-refractivity contribution in [2.24, 2.45) is 0 Å². The molecule has 28 heavy (non-hydrogen) atoms. The summed E-state index contributed by atoms with van der Waals surface area (Å²) in [5.41, 5.74) is 2.26. The molecule has 0 aliphatic heterocycles. The molecule has 144 valence electrons. The van der Waals surface area contributed by atoms with Gasteiger partial charge in [-0.1, -0.05) is 36.4 Å². The van der Waals surface area contributed by atoms with Gasteiger partial charge in [0.05, 0.1) is 17.0 Å². The van der Waals surface area contributed by atoms with Crippen LogP contribution in [0.15, 0.2) is 84.0 Å². The summed E-state index contributed by atoms with van der Waals surface area (Å²) in [4.78, 5) is 16.4. The van der Waals surface area contributed by atoms with E-state index in [9.17, 15) is 13.2 Å². The first-order valence-electron chi connectivity index (χ1n) is 8.75. The zero-order valence-corrected chi connectivity index (χ0v) is 16.3. The number of anilines is 1. The normalized spacial score (nSPS) is 11.0. The lowest BCUT2D eigenvalue weighted by molar-refractivity contribution is -0.120. The molecular formula is C21H21N3O3S. The minimum atomic E-state index is -3.62. The fourth-order valence-electron chi connectivity index (χ4n) is 2.66. The van der Waals surface area contributed by atoms with Crippen LogP contribution in [-0.2, 0) is 27.8 Å². The Hall–Kier alpha value is -3.19. The van der Waals surface area contributed by atoms with Crippen molar-refractivity contribution in [3.05, 3.63) is 90.3 Å². The van der Waals surface area contributed by atoms with Gasteiger partial charge in [0, 0.05) is 26.0 Å². The third-order valence-electron chi connectivity index (χ3n) is 4.28. The molecule has 0 atom stereocenters. The third kappa shape index (κ3) is 4.75. The van der Waals surface area contributed by atoms with Crippen molar-refractivity contribution >= 4 is 21.6 Å². The fraction of sp³-hybridized carbons (Fsp3) is 0.143. The largest absolute Gasteiger partial charge is 0.352 e. The first-order valence-corrected chi connectivity index (χ1v) is 10.2. The summed E-state index contributed by atoms with van der Waals surface area (Å²) in [5, 5.41) is 2.85. The van der Waals surface area contributed by atoms with E-state index in [0.717, 1.165) is 11.1 Å². The maximum absolute atomic E-state index is 12.7. The van der Waals surface area contributed by atoms with Crippen LogP contribution in [0.2, 0.25) is 0 Å². The monoisotopic (exact) mass is 395 g/mol. The molecular weight excluding hydrogens is 374 g/mol. The van der Waals surface area contributed by atoms with E-state index in [1.807, 2.05) is 12.1 Å². The molecule has 6 nitrogen and oxygen atoms in total. The molecule has 1 amide bonds. The lowest BCUT2D eigenvalue weighted by Gasteiger charge is -2.19. The van der Waals surface area contributed by atoms with E-state index in [2.05, 4.69) is 10.3 Å². The summed E-state index contributed by atoms with van der Waals surface area (Å²) < 4.78 is 26.6. The highest BCUT2D eigenvalue weighted by Gasteiger charge is 2.20. The number of sulfonamides is 1. The van der Waals surface area contributed by atoms with Gasteiger partial charge in [0.25, 0.3) is 10.0 Å². The molecule has 0 saturated heterocycles. The van der Waals surface area contributed by atoms with E-state index in [1.54, 1.807) is 67.0 Å². The van der Waals surface area contributed by atoms with Crippen LogP contribution < -0.4 is 9.62 Å². The summed E-state index contributed by atoms with van der Waals surface area (Å²) in [6, 6.07) is 18.9. The molecule has 0 spiro atoms. The molecule has 0 bridgehead atoms. The van der Waals surface area contributed by atoms with Crippen LogP contribution in [0.25, 0.3) is 0 Å². The fourth-order valence-corrected chi connectivity index (χ4v) is 3.88. The lowest BCUT2D eigenvalue weighted by atomic mass is 10.1. The molecule has 3 rings (SSSR count). The van der Waals surface area contributed by atoms with Crippen LogP contribution in [0.1, 0.15) is 11.1 Å². The van der Waals surface area contributed by atoms with Crippen molar-refractivity contribution < 1.29 is 13.2 Å². The maximum Gasteiger partial charge on any atom is 0.264 e. The topological polar surface area (TPSA) is 79.4 Å². The Morgan fingerprint density at radius 2 is 1.68 bits per heavy atom. The first kappa shape index (κ1) is 19.6. The van der Waals surface area contributed by atoms with E-state index in [1.165, 1.54) is 11.4 Å². The number of rotatable bonds is 7. The van der Waals surface area contributed by atoms with Crippen LogP contribution in [-0.4, -0.2) is 26.4 Å². The van der Waals surface area contributed by atoms with Crippen LogP contribution in [0.4, 0.5) is 5.69 Å². The number of nitrogens with one attached hydrogen (secondary N) is 1. The average Bonchev–Trinajstić information content (AvgIpc) is 2.73. The number of nitrogens with zero attached hydrogens (tertiary/aromatic N) is 2. The number of carbonyl (C=O) groups is 1. The first-order chi connectivity index (χ1) is 13.5. The molecule has 3 aromatic rings. The van der Waals surface area contributed by atoms with Crippen LogP contribution in [0.5, 0.6) is 0 Å². The van der Waals surface area contributed by atoms with Crippen LogP contribution in [0.3, 0.4) is 0 Å². The standard InChI is InChI=1S/C21H21N3O3S/c1-24(28(26,27)20-7-3-2-4-8-20)19-11-9-17(10-12-19)14-21(25)23-16-18-6-5-13-22-15-18/h2-13,15H,14,16H2,1H3,(H,23,25). The highest BCUT2D eigenvalue weighted by Crippen LogP contribution is 2.22. The molecule has 0 fully saturated rings. The van der Waals surface area contributed by atoms with Crippen LogP contribution in [0, 0.1) is 0 Å². The summed E-state index contributed by atoms with van der Waals surface area (Å²) in [5.74, 6) is -0.109. The number of benzene rings is 2. The van der Waals surface area contributed by atoms with E-state index in [0.29, 0.717) is 12.2 Å². The van der Waals surface area contributed by atoms with Crippen molar-refractivity contribution in [3.63, 3.8) is 0 Å². The summed E-state index contributed by atoms with van der Waals surface area (Å²) in [6.45, 7) is 0.419. The Balaban J connectivity index is 1.62. The van der Waals surface area contributed by atoms with Crippen molar-refractivity contribution in [2.45, 2.75) is 17.9 Å². The van der Waals surface area contributed by atoms with E-state index >= 15 is 0 Å². The van der Waals surface area contributed by atoms with Gasteiger partial charge in [-0.3, -0.25) is 14.1 Å². The quantitative estimate of drug-likeness (QED) is 0.667. The Bertz CT molecular complexity index is 1020. The second-order valence-electron chi connectivity index (χ2n) is 6.27. The van der Waals surface area contributed by atoms with Crippen molar-refractivity contribution in [3.8, 4) is 0 Å². The second kappa shape index (κ2) is 8.67. The zero-order chi connectivity index (χ0) is 20.0. The molecule has 7 heteroatoms. The lowest BCUT2D eigenvalue weighted by Crippen LogP contribution is -2.26. The SMILES string of the molecule is CN(c1ccc(CC(=O)NCc2cccnc2)cc1)S(=O)(=O)c1ccccc1. The Labute approximate surface area is 164 Å². The van der Waals surface area contributed by atoms with Gasteiger partial charge in [-0.25, -0.2) is 8.42 Å². The van der Waals surface area contributed by atoms with Gasteiger partial charge in [-0.05, 0) is 41.5 Å². The van der Waals surface area contributed by atoms with Crippen molar-refractivity contribution in [1.29, 1.82) is 0 Å². The number of amides is 1. The number of hydrogen-bond acceptors (Lipinski definition) is 4. The molecule has 1 N–H and O–H groups in total. The average molecular weight is 395 g/mol.